The van der Waals surface area contributed by atoms with Crippen LogP contribution in [0.1, 0.15) is 16.7 Å². The summed E-state index contributed by atoms with van der Waals surface area (Å²) in [6, 6.07) is 14.9. The van der Waals surface area contributed by atoms with Crippen molar-refractivity contribution in [3.8, 4) is 0 Å². The van der Waals surface area contributed by atoms with Gasteiger partial charge in [-0.1, -0.05) is 24.3 Å². The number of pyridine rings is 2. The van der Waals surface area contributed by atoms with E-state index in [1.54, 1.807) is 24.7 Å². The zero-order valence-corrected chi connectivity index (χ0v) is 14.0. The molecule has 0 saturated carbocycles. The van der Waals surface area contributed by atoms with E-state index in [2.05, 4.69) is 14.9 Å². The maximum Gasteiger partial charge on any atom is 0.416 e. The number of alkyl halides is 3. The molecule has 0 atom stereocenters. The summed E-state index contributed by atoms with van der Waals surface area (Å²) < 4.78 is 38.7. The van der Waals surface area contributed by atoms with Crippen LogP contribution in [0.2, 0.25) is 0 Å². The van der Waals surface area contributed by atoms with Crippen molar-refractivity contribution >= 4 is 5.82 Å². The van der Waals surface area contributed by atoms with Gasteiger partial charge in [0.1, 0.15) is 5.82 Å². The smallest absolute Gasteiger partial charge is 0.352 e. The summed E-state index contributed by atoms with van der Waals surface area (Å²) in [5.74, 6) is 0.788. The van der Waals surface area contributed by atoms with Crippen LogP contribution in [0.25, 0.3) is 0 Å². The fraction of sp³-hybridized carbons (Fsp3) is 0.200. The highest BCUT2D eigenvalue weighted by molar-refractivity contribution is 5.39. The van der Waals surface area contributed by atoms with Gasteiger partial charge in [0, 0.05) is 31.7 Å². The van der Waals surface area contributed by atoms with E-state index < -0.39 is 11.7 Å². The van der Waals surface area contributed by atoms with E-state index in [1.807, 2.05) is 30.3 Å². The minimum Gasteiger partial charge on any atom is -0.352 e. The van der Waals surface area contributed by atoms with E-state index in [1.165, 1.54) is 12.1 Å². The summed E-state index contributed by atoms with van der Waals surface area (Å²) in [6.45, 7) is 1.17. The number of rotatable bonds is 6. The Balaban J connectivity index is 1.76. The number of aromatic nitrogens is 2. The average Bonchev–Trinajstić information content (AvgIpc) is 2.66. The first-order chi connectivity index (χ1) is 12.5. The quantitative estimate of drug-likeness (QED) is 0.638. The highest BCUT2D eigenvalue weighted by Crippen LogP contribution is 2.29. The normalized spacial score (nSPS) is 11.3. The second-order valence-electron chi connectivity index (χ2n) is 5.91. The van der Waals surface area contributed by atoms with E-state index >= 15 is 0 Å². The zero-order valence-electron chi connectivity index (χ0n) is 14.0. The van der Waals surface area contributed by atoms with E-state index in [-0.39, 0.29) is 0 Å². The summed E-state index contributed by atoms with van der Waals surface area (Å²) in [5.41, 5.74) is 1.10. The molecule has 0 spiro atoms. The summed E-state index contributed by atoms with van der Waals surface area (Å²) in [7, 11) is 0. The Kier molecular flexibility index (Phi) is 5.51. The van der Waals surface area contributed by atoms with Crippen molar-refractivity contribution in [3.05, 3.63) is 89.9 Å². The van der Waals surface area contributed by atoms with Gasteiger partial charge in [-0.05, 0) is 47.9 Å². The molecule has 0 amide bonds. The van der Waals surface area contributed by atoms with Gasteiger partial charge in [0.25, 0.3) is 0 Å². The molecule has 0 aliphatic carbocycles. The van der Waals surface area contributed by atoms with Gasteiger partial charge in [-0.25, -0.2) is 4.98 Å². The maximum atomic E-state index is 12.9. The van der Waals surface area contributed by atoms with Gasteiger partial charge in [-0.2, -0.15) is 13.2 Å². The van der Waals surface area contributed by atoms with E-state index in [0.717, 1.165) is 17.4 Å². The number of anilines is 1. The molecular formula is C20H18F3N3. The molecule has 0 fully saturated rings. The summed E-state index contributed by atoms with van der Waals surface area (Å²) >= 11 is 0. The first kappa shape index (κ1) is 17.9. The molecule has 2 heterocycles. The Hall–Kier alpha value is -2.89. The second kappa shape index (κ2) is 7.99. The summed E-state index contributed by atoms with van der Waals surface area (Å²) in [5, 5.41) is 0. The van der Waals surface area contributed by atoms with Crippen molar-refractivity contribution in [2.45, 2.75) is 19.1 Å². The van der Waals surface area contributed by atoms with Gasteiger partial charge >= 0.3 is 6.18 Å². The maximum absolute atomic E-state index is 12.9. The predicted octanol–water partition coefficient (Wildman–Crippen LogP) is 4.74. The van der Waals surface area contributed by atoms with Gasteiger partial charge in [0.15, 0.2) is 0 Å². The summed E-state index contributed by atoms with van der Waals surface area (Å²) in [4.78, 5) is 10.4. The van der Waals surface area contributed by atoms with Gasteiger partial charge in [0.05, 0.1) is 5.56 Å². The third-order valence-electron chi connectivity index (χ3n) is 4.02. The first-order valence-electron chi connectivity index (χ1n) is 8.23. The lowest BCUT2D eigenvalue weighted by Crippen LogP contribution is -2.26. The Bertz CT molecular complexity index is 820. The minimum absolute atomic E-state index is 0.492. The number of hydrogen-bond donors (Lipinski definition) is 0. The van der Waals surface area contributed by atoms with Crippen LogP contribution in [0.15, 0.2) is 73.2 Å². The predicted molar refractivity (Wildman–Crippen MR) is 94.7 cm³/mol. The largest absolute Gasteiger partial charge is 0.416 e. The topological polar surface area (TPSA) is 29.0 Å². The van der Waals surface area contributed by atoms with Crippen LogP contribution in [0.5, 0.6) is 0 Å². The molecule has 0 radical (unpaired) electrons. The Labute approximate surface area is 150 Å². The lowest BCUT2D eigenvalue weighted by atomic mass is 10.1. The fourth-order valence-corrected chi connectivity index (χ4v) is 2.69. The van der Waals surface area contributed by atoms with E-state index in [4.69, 9.17) is 0 Å². The van der Waals surface area contributed by atoms with Crippen LogP contribution >= 0.6 is 0 Å². The minimum atomic E-state index is -4.33. The van der Waals surface area contributed by atoms with Gasteiger partial charge in [-0.15, -0.1) is 0 Å². The molecule has 0 aliphatic rings. The van der Waals surface area contributed by atoms with Crippen molar-refractivity contribution in [1.82, 2.24) is 9.97 Å². The monoisotopic (exact) mass is 357 g/mol. The molecule has 3 rings (SSSR count). The Morgan fingerprint density at radius 3 is 2.35 bits per heavy atom. The van der Waals surface area contributed by atoms with Crippen LogP contribution in [0.3, 0.4) is 0 Å². The number of halogens is 3. The molecular weight excluding hydrogens is 339 g/mol. The molecule has 3 aromatic rings. The third-order valence-corrected chi connectivity index (χ3v) is 4.02. The zero-order chi connectivity index (χ0) is 18.4. The summed E-state index contributed by atoms with van der Waals surface area (Å²) in [6.07, 6.45) is 1.32. The molecule has 0 unspecified atom stereocenters. The van der Waals surface area contributed by atoms with Crippen LogP contribution in [-0.4, -0.2) is 16.5 Å². The number of nitrogens with zero attached hydrogens (tertiary/aromatic N) is 3. The molecule has 0 bridgehead atoms. The van der Waals surface area contributed by atoms with Crippen molar-refractivity contribution in [2.75, 3.05) is 11.4 Å². The Morgan fingerprint density at radius 1 is 0.846 bits per heavy atom. The lowest BCUT2D eigenvalue weighted by Gasteiger charge is -2.24. The fourth-order valence-electron chi connectivity index (χ4n) is 2.69. The second-order valence-corrected chi connectivity index (χ2v) is 5.91. The molecule has 26 heavy (non-hydrogen) atoms. The van der Waals surface area contributed by atoms with Crippen molar-refractivity contribution < 1.29 is 13.2 Å². The average molecular weight is 357 g/mol. The molecule has 6 heteroatoms. The van der Waals surface area contributed by atoms with Gasteiger partial charge < -0.3 is 4.90 Å². The van der Waals surface area contributed by atoms with Crippen molar-refractivity contribution in [1.29, 1.82) is 0 Å². The highest BCUT2D eigenvalue weighted by Gasteiger charge is 2.30. The molecule has 0 aliphatic heterocycles. The Morgan fingerprint density at radius 2 is 1.65 bits per heavy atom. The van der Waals surface area contributed by atoms with Crippen molar-refractivity contribution in [2.24, 2.45) is 0 Å². The van der Waals surface area contributed by atoms with Crippen LogP contribution in [-0.2, 0) is 19.1 Å². The molecule has 2 aromatic heterocycles. The molecule has 1 aromatic carbocycles. The molecule has 3 nitrogen and oxygen atoms in total. The van der Waals surface area contributed by atoms with Crippen LogP contribution in [0, 0.1) is 0 Å². The van der Waals surface area contributed by atoms with Gasteiger partial charge in [0.2, 0.25) is 0 Å². The highest BCUT2D eigenvalue weighted by atomic mass is 19.4. The van der Waals surface area contributed by atoms with Crippen LogP contribution in [0.4, 0.5) is 19.0 Å². The standard InChI is InChI=1S/C20H18F3N3/c21-20(22,23)18-5-3-4-16(14-18)9-13-26(19-6-1-2-10-25-19)15-17-7-11-24-12-8-17/h1-8,10-12,14H,9,13,15H2. The van der Waals surface area contributed by atoms with Crippen LogP contribution < -0.4 is 4.90 Å². The third kappa shape index (κ3) is 4.81. The van der Waals surface area contributed by atoms with E-state index in [0.29, 0.717) is 25.1 Å². The van der Waals surface area contributed by atoms with E-state index in [9.17, 15) is 13.2 Å². The molecule has 0 saturated heterocycles. The van der Waals surface area contributed by atoms with Gasteiger partial charge in [-0.3, -0.25) is 4.98 Å². The lowest BCUT2D eigenvalue weighted by molar-refractivity contribution is -0.137. The number of hydrogen-bond acceptors (Lipinski definition) is 3. The number of benzene rings is 1. The van der Waals surface area contributed by atoms with Crippen molar-refractivity contribution in [3.63, 3.8) is 0 Å². The molecule has 134 valence electrons. The molecule has 0 N–H and O–H groups in total. The first-order valence-corrected chi connectivity index (χ1v) is 8.23. The SMILES string of the molecule is FC(F)(F)c1cccc(CCN(Cc2ccncc2)c2ccccn2)c1.